The Bertz CT molecular complexity index is 1210. The number of carbonyl (C=O) groups is 1. The third kappa shape index (κ3) is 6.23. The van der Waals surface area contributed by atoms with Gasteiger partial charge in [-0.3, -0.25) is 9.89 Å². The molecule has 0 radical (unpaired) electrons. The molecule has 2 aromatic carbocycles. The van der Waals surface area contributed by atoms with Gasteiger partial charge in [-0.15, -0.1) is 0 Å². The molecule has 3 N–H and O–H groups in total. The molecule has 0 saturated heterocycles. The van der Waals surface area contributed by atoms with Gasteiger partial charge in [0.2, 0.25) is 0 Å². The topological polar surface area (TPSA) is 69.8 Å². The van der Waals surface area contributed by atoms with E-state index in [0.29, 0.717) is 41.2 Å². The van der Waals surface area contributed by atoms with Crippen molar-refractivity contribution >= 4 is 46.5 Å². The number of hydrogen-bond acceptors (Lipinski definition) is 3. The van der Waals surface area contributed by atoms with Crippen molar-refractivity contribution in [2.75, 3.05) is 11.9 Å². The van der Waals surface area contributed by atoms with E-state index in [2.05, 4.69) is 20.8 Å². The molecule has 1 aliphatic rings. The van der Waals surface area contributed by atoms with Gasteiger partial charge in [-0.25, -0.2) is 0 Å². The number of nitrogens with one attached hydrogen (secondary N) is 3. The lowest BCUT2D eigenvalue weighted by Gasteiger charge is -2.29. The Kier molecular flexibility index (Phi) is 7.83. The number of carbonyl (C=O) groups excluding carboxylic acids is 1. The van der Waals surface area contributed by atoms with Crippen LogP contribution < -0.4 is 10.6 Å². The largest absolute Gasteiger partial charge is 0.416 e. The monoisotopic (exact) mass is 544 g/mol. The molecule has 1 heterocycles. The van der Waals surface area contributed by atoms with Gasteiger partial charge in [0.05, 0.1) is 21.2 Å². The van der Waals surface area contributed by atoms with E-state index in [9.17, 15) is 18.0 Å². The first kappa shape index (κ1) is 25.7. The zero-order valence-corrected chi connectivity index (χ0v) is 20.6. The van der Waals surface area contributed by atoms with E-state index in [0.717, 1.165) is 42.2 Å². The predicted molar refractivity (Wildman–Crippen MR) is 132 cm³/mol. The number of amides is 1. The lowest BCUT2D eigenvalue weighted by molar-refractivity contribution is -0.137. The molecule has 0 aliphatic heterocycles. The summed E-state index contributed by atoms with van der Waals surface area (Å²) >= 11 is 18.3. The minimum atomic E-state index is -4.54. The molecular weight excluding hydrogens is 524 g/mol. The van der Waals surface area contributed by atoms with Crippen molar-refractivity contribution in [3.05, 3.63) is 68.8 Å². The number of nitrogens with zero attached hydrogens (tertiary/aromatic N) is 1. The van der Waals surface area contributed by atoms with E-state index in [-0.39, 0.29) is 16.6 Å². The van der Waals surface area contributed by atoms with Crippen LogP contribution in [0.3, 0.4) is 0 Å². The van der Waals surface area contributed by atoms with Gasteiger partial charge in [0.15, 0.2) is 5.82 Å². The van der Waals surface area contributed by atoms with Crippen LogP contribution in [0.4, 0.5) is 19.0 Å². The predicted octanol–water partition coefficient (Wildman–Crippen LogP) is 7.46. The van der Waals surface area contributed by atoms with Crippen LogP contribution in [0.1, 0.15) is 41.6 Å². The summed E-state index contributed by atoms with van der Waals surface area (Å²) in [5.74, 6) is 0.443. The lowest BCUT2D eigenvalue weighted by Crippen LogP contribution is -2.38. The zero-order chi connectivity index (χ0) is 25.2. The molecule has 3 aromatic rings. The molecule has 5 nitrogen and oxygen atoms in total. The summed E-state index contributed by atoms with van der Waals surface area (Å²) < 4.78 is 39.0. The molecule has 0 atom stereocenters. The molecule has 35 heavy (non-hydrogen) atoms. The van der Waals surface area contributed by atoms with E-state index < -0.39 is 17.6 Å². The highest BCUT2D eigenvalue weighted by atomic mass is 35.5. The molecular formula is C24H22Cl3F3N4O. The van der Waals surface area contributed by atoms with Gasteiger partial charge in [0, 0.05) is 34.9 Å². The zero-order valence-electron chi connectivity index (χ0n) is 18.4. The van der Waals surface area contributed by atoms with Crippen LogP contribution >= 0.6 is 34.8 Å². The average Bonchev–Trinajstić information content (AvgIpc) is 3.26. The number of hydrogen-bond donors (Lipinski definition) is 3. The van der Waals surface area contributed by atoms with E-state index in [4.69, 9.17) is 34.8 Å². The van der Waals surface area contributed by atoms with Crippen molar-refractivity contribution < 1.29 is 18.0 Å². The van der Waals surface area contributed by atoms with Crippen LogP contribution in [-0.4, -0.2) is 28.7 Å². The van der Waals surface area contributed by atoms with Crippen LogP contribution in [0.25, 0.3) is 11.1 Å². The van der Waals surface area contributed by atoms with Crippen molar-refractivity contribution in [1.82, 2.24) is 15.5 Å². The Morgan fingerprint density at radius 2 is 1.74 bits per heavy atom. The smallest absolute Gasteiger partial charge is 0.368 e. The van der Waals surface area contributed by atoms with Crippen molar-refractivity contribution in [1.29, 1.82) is 0 Å². The maximum atomic E-state index is 13.0. The molecule has 0 spiro atoms. The van der Waals surface area contributed by atoms with Crippen molar-refractivity contribution in [3.8, 4) is 11.1 Å². The summed E-state index contributed by atoms with van der Waals surface area (Å²) in [4.78, 5) is 12.6. The number of benzene rings is 2. The van der Waals surface area contributed by atoms with Gasteiger partial charge in [-0.2, -0.15) is 18.3 Å². The molecule has 11 heteroatoms. The SMILES string of the molecule is O=C(N[C@H]1CC[C@H](CNc2n[nH]cc2-c2ccc(Cl)cc2Cl)CC1)c1cc(C(F)(F)F)ccc1Cl. The second-order valence-electron chi connectivity index (χ2n) is 8.54. The molecule has 1 fully saturated rings. The summed E-state index contributed by atoms with van der Waals surface area (Å²) in [6.45, 7) is 0.684. The van der Waals surface area contributed by atoms with Crippen molar-refractivity contribution in [2.24, 2.45) is 5.92 Å². The number of aromatic amines is 1. The van der Waals surface area contributed by atoms with Gasteiger partial charge in [0.1, 0.15) is 0 Å². The first-order chi connectivity index (χ1) is 16.6. The molecule has 1 saturated carbocycles. The fourth-order valence-electron chi connectivity index (χ4n) is 4.23. The summed E-state index contributed by atoms with van der Waals surface area (Å²) in [6, 6.07) is 7.91. The van der Waals surface area contributed by atoms with E-state index >= 15 is 0 Å². The fraction of sp³-hybridized carbons (Fsp3) is 0.333. The second kappa shape index (κ2) is 10.7. The normalized spacial score (nSPS) is 18.3. The van der Waals surface area contributed by atoms with Crippen molar-refractivity contribution in [3.63, 3.8) is 0 Å². The summed E-state index contributed by atoms with van der Waals surface area (Å²) in [5, 5.41) is 14.4. The van der Waals surface area contributed by atoms with E-state index in [1.165, 1.54) is 0 Å². The average molecular weight is 546 g/mol. The molecule has 1 aliphatic carbocycles. The molecule has 4 rings (SSSR count). The summed E-state index contributed by atoms with van der Waals surface area (Å²) in [6.07, 6.45) is 0.336. The minimum Gasteiger partial charge on any atom is -0.368 e. The molecule has 1 amide bonds. The first-order valence-electron chi connectivity index (χ1n) is 11.0. The molecule has 0 unspecified atom stereocenters. The molecule has 1 aromatic heterocycles. The molecule has 186 valence electrons. The summed E-state index contributed by atoms with van der Waals surface area (Å²) in [7, 11) is 0. The van der Waals surface area contributed by atoms with Crippen molar-refractivity contribution in [2.45, 2.75) is 37.9 Å². The van der Waals surface area contributed by atoms with Gasteiger partial charge in [-0.05, 0) is 61.9 Å². The highest BCUT2D eigenvalue weighted by Gasteiger charge is 2.32. The van der Waals surface area contributed by atoms with Gasteiger partial charge >= 0.3 is 6.18 Å². The Labute approximate surface area is 215 Å². The number of anilines is 1. The van der Waals surface area contributed by atoms with Crippen LogP contribution in [-0.2, 0) is 6.18 Å². The highest BCUT2D eigenvalue weighted by molar-refractivity contribution is 6.36. The van der Waals surface area contributed by atoms with Crippen LogP contribution in [0, 0.1) is 5.92 Å². The van der Waals surface area contributed by atoms with Gasteiger partial charge in [-0.1, -0.05) is 40.9 Å². The fourth-order valence-corrected chi connectivity index (χ4v) is 4.94. The Balaban J connectivity index is 1.31. The lowest BCUT2D eigenvalue weighted by atomic mass is 9.86. The van der Waals surface area contributed by atoms with Crippen LogP contribution in [0.15, 0.2) is 42.6 Å². The first-order valence-corrected chi connectivity index (χ1v) is 12.2. The number of alkyl halides is 3. The Morgan fingerprint density at radius 1 is 1.00 bits per heavy atom. The standard InChI is InChI=1S/C24H22Cl3F3N4O/c25-15-4-7-17(21(27)10-15)19-12-32-34-22(19)31-11-13-1-5-16(6-2-13)33-23(35)18-9-14(24(28,29)30)3-8-20(18)26/h3-4,7-10,12-13,16H,1-2,5-6,11H2,(H,33,35)(H2,31,32,34)/t13-,16-. The third-order valence-electron chi connectivity index (χ3n) is 6.14. The quantitative estimate of drug-likeness (QED) is 0.301. The minimum absolute atomic E-state index is 0.0102. The number of rotatable bonds is 6. The Morgan fingerprint density at radius 3 is 2.43 bits per heavy atom. The third-order valence-corrected chi connectivity index (χ3v) is 7.02. The Hall–Kier alpha value is -2.42. The van der Waals surface area contributed by atoms with Crippen LogP contribution in [0.2, 0.25) is 15.1 Å². The maximum absolute atomic E-state index is 13.0. The van der Waals surface area contributed by atoms with Gasteiger partial charge < -0.3 is 10.6 Å². The summed E-state index contributed by atoms with van der Waals surface area (Å²) in [5.41, 5.74) is 0.578. The maximum Gasteiger partial charge on any atom is 0.416 e. The second-order valence-corrected chi connectivity index (χ2v) is 9.79. The van der Waals surface area contributed by atoms with Gasteiger partial charge in [0.25, 0.3) is 5.91 Å². The number of H-pyrrole nitrogens is 1. The van der Waals surface area contributed by atoms with E-state index in [1.807, 2.05) is 6.07 Å². The van der Waals surface area contributed by atoms with E-state index in [1.54, 1.807) is 18.3 Å². The highest BCUT2D eigenvalue weighted by Crippen LogP contribution is 2.35. The number of halogens is 6. The molecule has 0 bridgehead atoms. The number of aromatic nitrogens is 2. The van der Waals surface area contributed by atoms with Crippen LogP contribution in [0.5, 0.6) is 0 Å².